The minimum Gasteiger partial charge on any atom is -0.388 e. The average molecular weight is 339 g/mol. The quantitative estimate of drug-likeness (QED) is 0.514. The monoisotopic (exact) mass is 339 g/mol. The molecule has 0 bridgehead atoms. The first kappa shape index (κ1) is 15.1. The maximum absolute atomic E-state index is 10.8. The van der Waals surface area contributed by atoms with E-state index in [0.717, 1.165) is 39.1 Å². The van der Waals surface area contributed by atoms with Gasteiger partial charge in [0.15, 0.2) is 5.76 Å². The SMILES string of the molecule is OC1Cc2ccccc2-c2c(-c3ccccc3)noc2-c2ccccc21. The molecule has 0 radical (unpaired) electrons. The van der Waals surface area contributed by atoms with Gasteiger partial charge in [-0.2, -0.15) is 0 Å². The van der Waals surface area contributed by atoms with Crippen LogP contribution in [0.3, 0.4) is 0 Å². The smallest absolute Gasteiger partial charge is 0.175 e. The molecule has 1 N–H and O–H groups in total. The van der Waals surface area contributed by atoms with Crippen molar-refractivity contribution in [1.82, 2.24) is 5.16 Å². The fourth-order valence-electron chi connectivity index (χ4n) is 3.77. The van der Waals surface area contributed by atoms with Gasteiger partial charge in [0.2, 0.25) is 0 Å². The number of hydrogen-bond donors (Lipinski definition) is 1. The van der Waals surface area contributed by atoms with Gasteiger partial charge >= 0.3 is 0 Å². The summed E-state index contributed by atoms with van der Waals surface area (Å²) < 4.78 is 5.85. The molecular formula is C23H17NO2. The third-order valence-electron chi connectivity index (χ3n) is 5.00. The molecule has 0 saturated carbocycles. The summed E-state index contributed by atoms with van der Waals surface area (Å²) in [4.78, 5) is 0. The summed E-state index contributed by atoms with van der Waals surface area (Å²) >= 11 is 0. The number of rotatable bonds is 1. The van der Waals surface area contributed by atoms with E-state index in [1.807, 2.05) is 66.7 Å². The Labute approximate surface area is 151 Å². The third-order valence-corrected chi connectivity index (χ3v) is 5.00. The van der Waals surface area contributed by atoms with Crippen LogP contribution in [0.15, 0.2) is 83.4 Å². The van der Waals surface area contributed by atoms with Crippen molar-refractivity contribution < 1.29 is 9.63 Å². The Morgan fingerprint density at radius 2 is 1.50 bits per heavy atom. The molecule has 0 amide bonds. The molecule has 126 valence electrons. The predicted octanol–water partition coefficient (Wildman–Crippen LogP) is 5.27. The van der Waals surface area contributed by atoms with Gasteiger partial charge in [-0.25, -0.2) is 0 Å². The number of aromatic nitrogens is 1. The lowest BCUT2D eigenvalue weighted by molar-refractivity contribution is 0.178. The van der Waals surface area contributed by atoms with Gasteiger partial charge in [0, 0.05) is 17.5 Å². The van der Waals surface area contributed by atoms with E-state index in [-0.39, 0.29) is 0 Å². The average Bonchev–Trinajstić information content (AvgIpc) is 3.12. The van der Waals surface area contributed by atoms with Crippen LogP contribution in [-0.4, -0.2) is 10.3 Å². The van der Waals surface area contributed by atoms with Gasteiger partial charge in [0.1, 0.15) is 5.69 Å². The number of aliphatic hydroxyl groups excluding tert-OH is 1. The van der Waals surface area contributed by atoms with Crippen LogP contribution in [0.25, 0.3) is 33.7 Å². The molecule has 1 unspecified atom stereocenters. The second-order valence-electron chi connectivity index (χ2n) is 6.57. The summed E-state index contributed by atoms with van der Waals surface area (Å²) in [6, 6.07) is 26.1. The van der Waals surface area contributed by atoms with Crippen LogP contribution in [-0.2, 0) is 6.42 Å². The Bertz CT molecular complexity index is 1080. The van der Waals surface area contributed by atoms with Crippen molar-refractivity contribution in [2.45, 2.75) is 12.5 Å². The van der Waals surface area contributed by atoms with Crippen molar-refractivity contribution in [3.05, 3.63) is 90.0 Å². The van der Waals surface area contributed by atoms with Crippen molar-refractivity contribution in [2.24, 2.45) is 0 Å². The zero-order valence-electron chi connectivity index (χ0n) is 14.1. The maximum Gasteiger partial charge on any atom is 0.175 e. The first-order chi connectivity index (χ1) is 12.8. The number of hydrogen-bond acceptors (Lipinski definition) is 3. The Balaban J connectivity index is 1.87. The van der Waals surface area contributed by atoms with Crippen LogP contribution < -0.4 is 0 Å². The highest BCUT2D eigenvalue weighted by Gasteiger charge is 2.28. The van der Waals surface area contributed by atoms with Crippen LogP contribution >= 0.6 is 0 Å². The molecule has 3 heteroatoms. The molecular weight excluding hydrogens is 322 g/mol. The number of fused-ring (bicyclic) bond motifs is 5. The summed E-state index contributed by atoms with van der Waals surface area (Å²) in [5, 5.41) is 15.2. The van der Waals surface area contributed by atoms with Gasteiger partial charge < -0.3 is 9.63 Å². The molecule has 1 aromatic heterocycles. The van der Waals surface area contributed by atoms with Crippen molar-refractivity contribution in [3.63, 3.8) is 0 Å². The Morgan fingerprint density at radius 1 is 0.808 bits per heavy atom. The molecule has 0 aliphatic heterocycles. The van der Waals surface area contributed by atoms with Crippen molar-refractivity contribution in [1.29, 1.82) is 0 Å². The molecule has 3 aromatic carbocycles. The first-order valence-electron chi connectivity index (χ1n) is 8.73. The largest absolute Gasteiger partial charge is 0.388 e. The number of benzene rings is 3. The predicted molar refractivity (Wildman–Crippen MR) is 101 cm³/mol. The Kier molecular flexibility index (Phi) is 3.47. The van der Waals surface area contributed by atoms with Gasteiger partial charge in [-0.15, -0.1) is 0 Å². The standard InChI is InChI=1S/C23H17NO2/c25-20-14-16-10-4-5-11-17(16)21-22(15-8-2-1-3-9-15)24-26-23(21)19-13-7-6-12-18(19)20/h1-13,20,25H,14H2. The fraction of sp³-hybridized carbons (Fsp3) is 0.0870. The second-order valence-corrected chi connectivity index (χ2v) is 6.57. The van der Waals surface area contributed by atoms with Crippen LogP contribution in [0.2, 0.25) is 0 Å². The first-order valence-corrected chi connectivity index (χ1v) is 8.73. The molecule has 3 nitrogen and oxygen atoms in total. The van der Waals surface area contributed by atoms with E-state index in [2.05, 4.69) is 17.3 Å². The second kappa shape index (κ2) is 5.97. The third kappa shape index (κ3) is 2.29. The van der Waals surface area contributed by atoms with Gasteiger partial charge in [-0.1, -0.05) is 84.0 Å². The van der Waals surface area contributed by atoms with Gasteiger partial charge in [-0.3, -0.25) is 0 Å². The van der Waals surface area contributed by atoms with Crippen LogP contribution in [0.5, 0.6) is 0 Å². The van der Waals surface area contributed by atoms with E-state index < -0.39 is 6.10 Å². The number of aliphatic hydroxyl groups is 1. The molecule has 1 atom stereocenters. The summed E-state index contributed by atoms with van der Waals surface area (Å²) in [6.45, 7) is 0. The lowest BCUT2D eigenvalue weighted by Crippen LogP contribution is -2.07. The summed E-state index contributed by atoms with van der Waals surface area (Å²) in [6.07, 6.45) is -0.0164. The van der Waals surface area contributed by atoms with E-state index >= 15 is 0 Å². The van der Waals surface area contributed by atoms with E-state index in [9.17, 15) is 5.11 Å². The lowest BCUT2D eigenvalue weighted by atomic mass is 9.85. The van der Waals surface area contributed by atoms with E-state index in [0.29, 0.717) is 12.2 Å². The normalized spacial score (nSPS) is 15.3. The highest BCUT2D eigenvalue weighted by atomic mass is 16.5. The molecule has 4 aromatic rings. The highest BCUT2D eigenvalue weighted by molar-refractivity contribution is 5.92. The highest BCUT2D eigenvalue weighted by Crippen LogP contribution is 2.45. The number of nitrogens with zero attached hydrogens (tertiary/aromatic N) is 1. The molecule has 1 aliphatic carbocycles. The van der Waals surface area contributed by atoms with Gasteiger partial charge in [-0.05, 0) is 16.7 Å². The minimum atomic E-state index is -0.578. The topological polar surface area (TPSA) is 46.3 Å². The molecule has 0 spiro atoms. The lowest BCUT2D eigenvalue weighted by Gasteiger charge is -2.20. The Morgan fingerprint density at radius 3 is 2.35 bits per heavy atom. The maximum atomic E-state index is 10.8. The molecule has 26 heavy (non-hydrogen) atoms. The van der Waals surface area contributed by atoms with Crippen LogP contribution in [0.4, 0.5) is 0 Å². The summed E-state index contributed by atoms with van der Waals surface area (Å²) in [5.74, 6) is 0.714. The summed E-state index contributed by atoms with van der Waals surface area (Å²) in [7, 11) is 0. The van der Waals surface area contributed by atoms with Crippen molar-refractivity contribution >= 4 is 0 Å². The van der Waals surface area contributed by atoms with Gasteiger partial charge in [0.25, 0.3) is 0 Å². The van der Waals surface area contributed by atoms with Crippen molar-refractivity contribution in [3.8, 4) is 33.7 Å². The summed E-state index contributed by atoms with van der Waals surface area (Å²) in [5.41, 5.74) is 6.78. The molecule has 1 heterocycles. The van der Waals surface area contributed by atoms with Crippen LogP contribution in [0, 0.1) is 0 Å². The van der Waals surface area contributed by atoms with Crippen molar-refractivity contribution in [2.75, 3.05) is 0 Å². The molecule has 0 fully saturated rings. The van der Waals surface area contributed by atoms with E-state index in [1.54, 1.807) is 0 Å². The fourth-order valence-corrected chi connectivity index (χ4v) is 3.77. The molecule has 0 saturated heterocycles. The molecule has 1 aliphatic rings. The van der Waals surface area contributed by atoms with E-state index in [1.165, 1.54) is 0 Å². The zero-order chi connectivity index (χ0) is 17.5. The zero-order valence-corrected chi connectivity index (χ0v) is 14.1. The Hall–Kier alpha value is -3.17. The van der Waals surface area contributed by atoms with E-state index in [4.69, 9.17) is 4.52 Å². The minimum absolute atomic E-state index is 0.562. The molecule has 5 rings (SSSR count). The van der Waals surface area contributed by atoms with Crippen LogP contribution in [0.1, 0.15) is 17.2 Å². The van der Waals surface area contributed by atoms with Gasteiger partial charge in [0.05, 0.1) is 11.7 Å².